The Morgan fingerprint density at radius 3 is 2.56 bits per heavy atom. The van der Waals surface area contributed by atoms with Gasteiger partial charge in [0.25, 0.3) is 5.91 Å². The fourth-order valence-corrected chi connectivity index (χ4v) is 3.94. The number of aliphatic hydroxyl groups is 1. The van der Waals surface area contributed by atoms with E-state index in [9.17, 15) is 19.5 Å². The summed E-state index contributed by atoms with van der Waals surface area (Å²) in [6, 6.07) is -0.332. The van der Waals surface area contributed by atoms with Crippen molar-refractivity contribution in [3.8, 4) is 0 Å². The van der Waals surface area contributed by atoms with Crippen molar-refractivity contribution in [2.75, 3.05) is 32.8 Å². The van der Waals surface area contributed by atoms with E-state index >= 15 is 0 Å². The number of urea groups is 1. The van der Waals surface area contributed by atoms with Gasteiger partial charge in [0.05, 0.1) is 19.5 Å². The van der Waals surface area contributed by atoms with Crippen molar-refractivity contribution in [2.24, 2.45) is 5.92 Å². The molecule has 0 radical (unpaired) electrons. The molecule has 2 fully saturated rings. The number of carbonyl (C=O) groups excluding carboxylic acids is 3. The molecule has 1 aromatic heterocycles. The van der Waals surface area contributed by atoms with E-state index in [1.54, 1.807) is 33.1 Å². The van der Waals surface area contributed by atoms with Crippen LogP contribution in [0.15, 0.2) is 18.7 Å². The number of hydrogen-bond acceptors (Lipinski definition) is 5. The zero-order chi connectivity index (χ0) is 19.6. The van der Waals surface area contributed by atoms with Crippen LogP contribution in [-0.4, -0.2) is 85.5 Å². The molecule has 2 aliphatic heterocycles. The molecular weight excluding hydrogens is 350 g/mol. The summed E-state index contributed by atoms with van der Waals surface area (Å²) in [7, 11) is 0. The van der Waals surface area contributed by atoms with Crippen LogP contribution in [0.5, 0.6) is 0 Å². The van der Waals surface area contributed by atoms with E-state index in [1.807, 2.05) is 13.8 Å². The number of imidazole rings is 1. The first-order chi connectivity index (χ1) is 12.9. The standard InChI is InChI=1S/C18H27N5O4/c1-14(2)11-23-17(27)22(9-10-24)16(26)18(23)3-6-21(7-4-18)15(25)12-20-8-5-19-13-20/h5,8,13-14,24H,3-4,6-7,9-12H2,1-2H3. The largest absolute Gasteiger partial charge is 0.395 e. The third-order valence-corrected chi connectivity index (χ3v) is 5.31. The molecule has 27 heavy (non-hydrogen) atoms. The van der Waals surface area contributed by atoms with Gasteiger partial charge in [-0.25, -0.2) is 9.78 Å². The molecule has 9 nitrogen and oxygen atoms in total. The number of rotatable bonds is 6. The Labute approximate surface area is 158 Å². The number of piperidine rings is 1. The van der Waals surface area contributed by atoms with E-state index in [2.05, 4.69) is 4.98 Å². The van der Waals surface area contributed by atoms with Crippen LogP contribution in [0.1, 0.15) is 26.7 Å². The minimum Gasteiger partial charge on any atom is -0.395 e. The molecule has 9 heteroatoms. The van der Waals surface area contributed by atoms with Crippen molar-refractivity contribution in [3.63, 3.8) is 0 Å². The summed E-state index contributed by atoms with van der Waals surface area (Å²) in [5.74, 6) is -0.0558. The third kappa shape index (κ3) is 3.55. The molecule has 2 aliphatic rings. The molecule has 0 saturated carbocycles. The number of carbonyl (C=O) groups is 3. The second-order valence-corrected chi connectivity index (χ2v) is 7.61. The maximum absolute atomic E-state index is 13.0. The molecule has 148 valence electrons. The molecule has 1 N–H and O–H groups in total. The van der Waals surface area contributed by atoms with Gasteiger partial charge >= 0.3 is 6.03 Å². The molecule has 0 aromatic carbocycles. The van der Waals surface area contributed by atoms with Crippen LogP contribution in [0.3, 0.4) is 0 Å². The van der Waals surface area contributed by atoms with Gasteiger partial charge in [0.2, 0.25) is 5.91 Å². The molecule has 0 bridgehead atoms. The second-order valence-electron chi connectivity index (χ2n) is 7.61. The lowest BCUT2D eigenvalue weighted by Crippen LogP contribution is -2.58. The summed E-state index contributed by atoms with van der Waals surface area (Å²) in [4.78, 5) is 46.8. The van der Waals surface area contributed by atoms with Crippen LogP contribution in [0.25, 0.3) is 0 Å². The van der Waals surface area contributed by atoms with Crippen LogP contribution in [0, 0.1) is 5.92 Å². The number of nitrogens with zero attached hydrogens (tertiary/aromatic N) is 5. The molecule has 2 saturated heterocycles. The Bertz CT molecular complexity index is 695. The predicted molar refractivity (Wildman–Crippen MR) is 96.5 cm³/mol. The van der Waals surface area contributed by atoms with Crippen molar-refractivity contribution >= 4 is 17.8 Å². The highest BCUT2D eigenvalue weighted by Gasteiger charge is 2.57. The fourth-order valence-electron chi connectivity index (χ4n) is 3.94. The lowest BCUT2D eigenvalue weighted by molar-refractivity contribution is -0.141. The highest BCUT2D eigenvalue weighted by molar-refractivity contribution is 6.07. The second kappa shape index (κ2) is 7.67. The molecule has 0 unspecified atom stereocenters. The summed E-state index contributed by atoms with van der Waals surface area (Å²) in [5.41, 5.74) is -0.900. The summed E-state index contributed by atoms with van der Waals surface area (Å²) in [5, 5.41) is 9.23. The average molecular weight is 377 g/mol. The van der Waals surface area contributed by atoms with Gasteiger partial charge in [-0.1, -0.05) is 13.8 Å². The number of imide groups is 1. The summed E-state index contributed by atoms with van der Waals surface area (Å²) in [6.45, 7) is 5.31. The van der Waals surface area contributed by atoms with E-state index < -0.39 is 5.54 Å². The third-order valence-electron chi connectivity index (χ3n) is 5.31. The minimum absolute atomic E-state index is 0.0112. The van der Waals surface area contributed by atoms with Gasteiger partial charge in [-0.15, -0.1) is 0 Å². The van der Waals surface area contributed by atoms with Crippen LogP contribution < -0.4 is 0 Å². The molecule has 1 spiro atoms. The van der Waals surface area contributed by atoms with Gasteiger partial charge in [-0.2, -0.15) is 0 Å². The topological polar surface area (TPSA) is 99.0 Å². The smallest absolute Gasteiger partial charge is 0.327 e. The van der Waals surface area contributed by atoms with E-state index in [1.165, 1.54) is 0 Å². The van der Waals surface area contributed by atoms with Crippen LogP contribution >= 0.6 is 0 Å². The number of amides is 4. The quantitative estimate of drug-likeness (QED) is 0.712. The average Bonchev–Trinajstić information content (AvgIpc) is 3.21. The highest BCUT2D eigenvalue weighted by atomic mass is 16.3. The van der Waals surface area contributed by atoms with Gasteiger partial charge in [-0.3, -0.25) is 14.5 Å². The first kappa shape index (κ1) is 19.3. The minimum atomic E-state index is -0.900. The normalized spacial score (nSPS) is 19.6. The van der Waals surface area contributed by atoms with Gasteiger partial charge in [0.1, 0.15) is 12.1 Å². The lowest BCUT2D eigenvalue weighted by atomic mass is 9.85. The van der Waals surface area contributed by atoms with Crippen LogP contribution in [-0.2, 0) is 16.1 Å². The van der Waals surface area contributed by atoms with E-state index in [4.69, 9.17) is 0 Å². The Hall–Kier alpha value is -2.42. The number of likely N-dealkylation sites (tertiary alicyclic amines) is 1. The number of aliphatic hydroxyl groups excluding tert-OH is 1. The van der Waals surface area contributed by atoms with Crippen molar-refractivity contribution in [2.45, 2.75) is 38.8 Å². The first-order valence-electron chi connectivity index (χ1n) is 9.37. The molecule has 4 amide bonds. The Kier molecular flexibility index (Phi) is 5.50. The lowest BCUT2D eigenvalue weighted by Gasteiger charge is -2.42. The molecule has 0 atom stereocenters. The van der Waals surface area contributed by atoms with Gasteiger partial charge in [0, 0.05) is 32.0 Å². The van der Waals surface area contributed by atoms with Crippen LogP contribution in [0.2, 0.25) is 0 Å². The van der Waals surface area contributed by atoms with Crippen molar-refractivity contribution < 1.29 is 19.5 Å². The number of hydrogen-bond donors (Lipinski definition) is 1. The molecule has 1 aromatic rings. The molecule has 0 aliphatic carbocycles. The van der Waals surface area contributed by atoms with Crippen molar-refractivity contribution in [1.29, 1.82) is 0 Å². The summed E-state index contributed by atoms with van der Waals surface area (Å²) >= 11 is 0. The van der Waals surface area contributed by atoms with E-state index in [0.29, 0.717) is 32.5 Å². The SMILES string of the molecule is CC(C)CN1C(=O)N(CCO)C(=O)C12CCN(C(=O)Cn1ccnc1)CC2. The molecule has 3 rings (SSSR count). The van der Waals surface area contributed by atoms with Gasteiger partial charge in [-0.05, 0) is 18.8 Å². The molecular formula is C18H27N5O4. The Morgan fingerprint density at radius 2 is 2.00 bits per heavy atom. The van der Waals surface area contributed by atoms with E-state index in [0.717, 1.165) is 4.90 Å². The molecule has 3 heterocycles. The van der Waals surface area contributed by atoms with E-state index in [-0.39, 0.29) is 43.5 Å². The van der Waals surface area contributed by atoms with Gasteiger partial charge in [0.15, 0.2) is 0 Å². The maximum atomic E-state index is 13.0. The fraction of sp³-hybridized carbons (Fsp3) is 0.667. The van der Waals surface area contributed by atoms with Crippen molar-refractivity contribution in [1.82, 2.24) is 24.3 Å². The first-order valence-corrected chi connectivity index (χ1v) is 9.37. The van der Waals surface area contributed by atoms with Crippen molar-refractivity contribution in [3.05, 3.63) is 18.7 Å². The Morgan fingerprint density at radius 1 is 1.30 bits per heavy atom. The monoisotopic (exact) mass is 377 g/mol. The number of β-amino-alcohol motifs (C(OH)–C–C–N with tert-alkyl or cyclic N) is 1. The zero-order valence-electron chi connectivity index (χ0n) is 15.9. The summed E-state index contributed by atoms with van der Waals surface area (Å²) in [6.07, 6.45) is 5.80. The Balaban J connectivity index is 1.73. The zero-order valence-corrected chi connectivity index (χ0v) is 15.9. The van der Waals surface area contributed by atoms with Crippen LogP contribution in [0.4, 0.5) is 4.79 Å². The summed E-state index contributed by atoms with van der Waals surface area (Å²) < 4.78 is 1.71. The highest BCUT2D eigenvalue weighted by Crippen LogP contribution is 2.37. The predicted octanol–water partition coefficient (Wildman–Crippen LogP) is 0.157. The number of aromatic nitrogens is 2. The maximum Gasteiger partial charge on any atom is 0.327 e. The van der Waals surface area contributed by atoms with Gasteiger partial charge < -0.3 is 19.5 Å².